The van der Waals surface area contributed by atoms with Gasteiger partial charge in [-0.15, -0.1) is 0 Å². The molecule has 1 saturated heterocycles. The molecule has 6 nitrogen and oxygen atoms in total. The first-order valence-electron chi connectivity index (χ1n) is 10.2. The Hall–Kier alpha value is -3.40. The summed E-state index contributed by atoms with van der Waals surface area (Å²) in [5, 5.41) is 2.61. The zero-order valence-electron chi connectivity index (χ0n) is 18.3. The number of halogens is 2. The number of benzene rings is 3. The summed E-state index contributed by atoms with van der Waals surface area (Å²) in [5.74, 6) is -0.959. The first-order valence-corrected chi connectivity index (χ1v) is 11.9. The van der Waals surface area contributed by atoms with Crippen molar-refractivity contribution < 1.29 is 23.5 Å². The molecule has 1 aliphatic rings. The van der Waals surface area contributed by atoms with Crippen LogP contribution < -0.4 is 19.7 Å². The summed E-state index contributed by atoms with van der Waals surface area (Å²) in [7, 11) is 1.43. The lowest BCUT2D eigenvalue weighted by molar-refractivity contribution is -0.118. The number of carbonyl (C=O) groups is 2. The first kappa shape index (κ1) is 24.7. The number of para-hydroxylation sites is 2. The number of thioether (sulfide) groups is 1. The summed E-state index contributed by atoms with van der Waals surface area (Å²) in [6, 6.07) is 18.2. The minimum absolute atomic E-state index is 0.0438. The van der Waals surface area contributed by atoms with E-state index < -0.39 is 18.3 Å². The first-order chi connectivity index (χ1) is 16.9. The molecule has 0 bridgehead atoms. The van der Waals surface area contributed by atoms with Gasteiger partial charge in [-0.1, -0.05) is 65.9 Å². The number of ether oxygens (including phenoxy) is 2. The summed E-state index contributed by atoms with van der Waals surface area (Å²) in [5.41, 5.74) is 1.32. The van der Waals surface area contributed by atoms with Crippen LogP contribution in [0.3, 0.4) is 0 Å². The molecule has 3 aromatic rings. The van der Waals surface area contributed by atoms with Crippen LogP contribution in [0.25, 0.3) is 6.08 Å². The van der Waals surface area contributed by atoms with Crippen LogP contribution >= 0.6 is 35.6 Å². The third-order valence-corrected chi connectivity index (χ3v) is 6.44. The lowest BCUT2D eigenvalue weighted by Crippen LogP contribution is -2.27. The summed E-state index contributed by atoms with van der Waals surface area (Å²) in [6.07, 6.45) is 1.66. The average Bonchev–Trinajstić information content (AvgIpc) is 3.12. The van der Waals surface area contributed by atoms with Crippen LogP contribution in [0, 0.1) is 5.82 Å². The molecule has 35 heavy (non-hydrogen) atoms. The van der Waals surface area contributed by atoms with Gasteiger partial charge in [0.05, 0.1) is 28.4 Å². The van der Waals surface area contributed by atoms with Crippen molar-refractivity contribution in [1.82, 2.24) is 0 Å². The maximum absolute atomic E-state index is 13.7. The fourth-order valence-corrected chi connectivity index (χ4v) is 4.84. The van der Waals surface area contributed by atoms with Gasteiger partial charge < -0.3 is 14.8 Å². The molecule has 2 amide bonds. The monoisotopic (exact) mass is 528 g/mol. The number of carbonyl (C=O) groups excluding carboxylic acids is 2. The zero-order valence-corrected chi connectivity index (χ0v) is 20.7. The topological polar surface area (TPSA) is 67.9 Å². The average molecular weight is 529 g/mol. The van der Waals surface area contributed by atoms with Crippen molar-refractivity contribution in [3.8, 4) is 11.5 Å². The molecular weight excluding hydrogens is 511 g/mol. The Balaban J connectivity index is 1.50. The Bertz CT molecular complexity index is 1330. The van der Waals surface area contributed by atoms with Crippen LogP contribution in [-0.4, -0.2) is 29.9 Å². The Morgan fingerprint density at radius 3 is 2.60 bits per heavy atom. The molecule has 0 aromatic heterocycles. The highest BCUT2D eigenvalue weighted by atomic mass is 35.5. The number of amides is 2. The molecule has 0 aliphatic carbocycles. The number of rotatable bonds is 7. The predicted octanol–water partition coefficient (Wildman–Crippen LogP) is 5.91. The van der Waals surface area contributed by atoms with E-state index in [1.165, 1.54) is 42.0 Å². The second-order valence-electron chi connectivity index (χ2n) is 7.20. The standard InChI is InChI=1S/C25H18ClFN2O4S2/c1-32-20-12-15(13-21-24(31)29(25(34)35-21)16-7-3-2-4-8-16)11-17(26)23(20)33-14-22(30)28-19-10-6-5-9-18(19)27/h2-13H,14H2,1H3,(H,28,30)/b21-13-. The van der Waals surface area contributed by atoms with Crippen LogP contribution in [0.1, 0.15) is 5.56 Å². The Kier molecular flexibility index (Phi) is 7.70. The van der Waals surface area contributed by atoms with E-state index in [9.17, 15) is 14.0 Å². The summed E-state index contributed by atoms with van der Waals surface area (Å²) in [6.45, 7) is -0.417. The molecule has 178 valence electrons. The van der Waals surface area contributed by atoms with Gasteiger partial charge in [-0.05, 0) is 48.0 Å². The lowest BCUT2D eigenvalue weighted by Gasteiger charge is -2.14. The number of methoxy groups -OCH3 is 1. The Morgan fingerprint density at radius 1 is 1.17 bits per heavy atom. The van der Waals surface area contributed by atoms with Crippen molar-refractivity contribution in [3.05, 3.63) is 88.0 Å². The molecule has 1 N–H and O–H groups in total. The smallest absolute Gasteiger partial charge is 0.270 e. The van der Waals surface area contributed by atoms with E-state index in [1.54, 1.807) is 24.3 Å². The number of anilines is 2. The number of nitrogens with one attached hydrogen (secondary N) is 1. The van der Waals surface area contributed by atoms with E-state index in [1.807, 2.05) is 30.3 Å². The summed E-state index contributed by atoms with van der Waals surface area (Å²) >= 11 is 13.0. The molecule has 0 radical (unpaired) electrons. The van der Waals surface area contributed by atoms with Crippen molar-refractivity contribution >= 4 is 69.2 Å². The van der Waals surface area contributed by atoms with Crippen molar-refractivity contribution in [2.75, 3.05) is 23.9 Å². The van der Waals surface area contributed by atoms with Crippen molar-refractivity contribution in [1.29, 1.82) is 0 Å². The van der Waals surface area contributed by atoms with Crippen molar-refractivity contribution in [2.24, 2.45) is 0 Å². The van der Waals surface area contributed by atoms with E-state index >= 15 is 0 Å². The minimum atomic E-state index is -0.568. The molecule has 1 aliphatic heterocycles. The molecule has 0 saturated carbocycles. The maximum atomic E-state index is 13.7. The number of nitrogens with zero attached hydrogens (tertiary/aromatic N) is 1. The maximum Gasteiger partial charge on any atom is 0.270 e. The van der Waals surface area contributed by atoms with Gasteiger partial charge >= 0.3 is 0 Å². The van der Waals surface area contributed by atoms with E-state index in [-0.39, 0.29) is 28.1 Å². The molecule has 3 aromatic carbocycles. The largest absolute Gasteiger partial charge is 0.493 e. The molecular formula is C25H18ClFN2O4S2. The van der Waals surface area contributed by atoms with Crippen LogP contribution in [0.5, 0.6) is 11.5 Å². The third-order valence-electron chi connectivity index (χ3n) is 4.85. The number of hydrogen-bond acceptors (Lipinski definition) is 6. The molecule has 0 atom stereocenters. The van der Waals surface area contributed by atoms with Gasteiger partial charge in [-0.25, -0.2) is 4.39 Å². The highest BCUT2D eigenvalue weighted by molar-refractivity contribution is 8.27. The van der Waals surface area contributed by atoms with Crippen LogP contribution in [-0.2, 0) is 9.59 Å². The van der Waals surface area contributed by atoms with Crippen molar-refractivity contribution in [2.45, 2.75) is 0 Å². The molecule has 0 spiro atoms. The minimum Gasteiger partial charge on any atom is -0.493 e. The highest BCUT2D eigenvalue weighted by Crippen LogP contribution is 2.40. The summed E-state index contributed by atoms with van der Waals surface area (Å²) < 4.78 is 25.1. The molecule has 10 heteroatoms. The third kappa shape index (κ3) is 5.64. The fourth-order valence-electron chi connectivity index (χ4n) is 3.27. The number of thiocarbonyl (C=S) groups is 1. The van der Waals surface area contributed by atoms with Gasteiger partial charge in [0.15, 0.2) is 22.4 Å². The van der Waals surface area contributed by atoms with Gasteiger partial charge in [-0.3, -0.25) is 14.5 Å². The predicted molar refractivity (Wildman–Crippen MR) is 141 cm³/mol. The Morgan fingerprint density at radius 2 is 1.89 bits per heavy atom. The summed E-state index contributed by atoms with van der Waals surface area (Å²) in [4.78, 5) is 27.1. The lowest BCUT2D eigenvalue weighted by atomic mass is 10.1. The van der Waals surface area contributed by atoms with Gasteiger partial charge in [0, 0.05) is 0 Å². The van der Waals surface area contributed by atoms with Gasteiger partial charge in [0.1, 0.15) is 5.82 Å². The molecule has 1 fully saturated rings. The van der Waals surface area contributed by atoms with Gasteiger partial charge in [0.2, 0.25) is 0 Å². The molecule has 4 rings (SSSR count). The van der Waals surface area contributed by atoms with Gasteiger partial charge in [-0.2, -0.15) is 0 Å². The zero-order chi connectivity index (χ0) is 24.9. The number of hydrogen-bond donors (Lipinski definition) is 1. The second kappa shape index (κ2) is 10.9. The van der Waals surface area contributed by atoms with E-state index in [0.29, 0.717) is 20.5 Å². The molecule has 1 heterocycles. The van der Waals surface area contributed by atoms with Crippen molar-refractivity contribution in [3.63, 3.8) is 0 Å². The van der Waals surface area contributed by atoms with Crippen LogP contribution in [0.2, 0.25) is 5.02 Å². The van der Waals surface area contributed by atoms with E-state index in [2.05, 4.69) is 5.32 Å². The second-order valence-corrected chi connectivity index (χ2v) is 9.29. The van der Waals surface area contributed by atoms with E-state index in [0.717, 1.165) is 0 Å². The van der Waals surface area contributed by atoms with Gasteiger partial charge in [0.25, 0.3) is 11.8 Å². The fraction of sp³-hybridized carbons (Fsp3) is 0.0800. The normalized spacial score (nSPS) is 14.4. The van der Waals surface area contributed by atoms with Crippen LogP contribution in [0.4, 0.5) is 15.8 Å². The quantitative estimate of drug-likeness (QED) is 0.304. The van der Waals surface area contributed by atoms with E-state index in [4.69, 9.17) is 33.3 Å². The Labute approximate surface area is 215 Å². The highest BCUT2D eigenvalue weighted by Gasteiger charge is 2.33. The van der Waals surface area contributed by atoms with Crippen LogP contribution in [0.15, 0.2) is 71.6 Å². The molecule has 0 unspecified atom stereocenters. The SMILES string of the molecule is COc1cc(/C=C2\SC(=S)N(c3ccccc3)C2=O)cc(Cl)c1OCC(=O)Nc1ccccc1F.